The third kappa shape index (κ3) is 4.30. The minimum atomic E-state index is -3.53. The normalized spacial score (nSPS) is 13.3. The predicted molar refractivity (Wildman–Crippen MR) is 100.0 cm³/mol. The summed E-state index contributed by atoms with van der Waals surface area (Å²) in [6.45, 7) is 0.199. The molecule has 0 aliphatic carbocycles. The fraction of sp³-hybridized carbons (Fsp3) is 0.333. The van der Waals surface area contributed by atoms with Gasteiger partial charge in [0.25, 0.3) is 5.91 Å². The number of benzene rings is 1. The molecule has 2 amide bonds. The van der Waals surface area contributed by atoms with Crippen LogP contribution in [0, 0.1) is 0 Å². The van der Waals surface area contributed by atoms with Crippen LogP contribution in [0.15, 0.2) is 47.1 Å². The molecule has 2 heterocycles. The first-order chi connectivity index (χ1) is 12.9. The standard InChI is InChI=1S/C18H21N3O5S/c1-20(18(23)16-7-4-11-26-16)13-17(22)19-9-12-27(24,25)21-10-8-14-5-2-3-6-15(14)21/h2-7,11H,8-10,12-13H2,1H3,(H,19,22). The number of nitrogens with zero attached hydrogens (tertiary/aromatic N) is 2. The van der Waals surface area contributed by atoms with Crippen molar-refractivity contribution >= 4 is 27.5 Å². The molecule has 1 aromatic heterocycles. The number of carbonyl (C=O) groups excluding carboxylic acids is 2. The summed E-state index contributed by atoms with van der Waals surface area (Å²) in [5, 5.41) is 2.55. The van der Waals surface area contributed by atoms with E-state index in [1.807, 2.05) is 12.1 Å². The summed E-state index contributed by atoms with van der Waals surface area (Å²) in [5.41, 5.74) is 1.70. The van der Waals surface area contributed by atoms with Gasteiger partial charge in [-0.1, -0.05) is 18.2 Å². The lowest BCUT2D eigenvalue weighted by Crippen LogP contribution is -2.41. The minimum absolute atomic E-state index is 0.0252. The number of para-hydroxylation sites is 1. The molecule has 0 fully saturated rings. The van der Waals surface area contributed by atoms with Gasteiger partial charge in [-0.2, -0.15) is 0 Å². The van der Waals surface area contributed by atoms with Crippen molar-refractivity contribution in [1.29, 1.82) is 0 Å². The maximum Gasteiger partial charge on any atom is 0.289 e. The number of hydrogen-bond donors (Lipinski definition) is 1. The Hall–Kier alpha value is -2.81. The van der Waals surface area contributed by atoms with Crippen LogP contribution in [0.25, 0.3) is 0 Å². The Morgan fingerprint density at radius 2 is 2.00 bits per heavy atom. The van der Waals surface area contributed by atoms with Gasteiger partial charge < -0.3 is 14.6 Å². The van der Waals surface area contributed by atoms with Gasteiger partial charge in [0.2, 0.25) is 15.9 Å². The van der Waals surface area contributed by atoms with Crippen molar-refractivity contribution in [3.05, 3.63) is 54.0 Å². The number of amides is 2. The summed E-state index contributed by atoms with van der Waals surface area (Å²) in [5.74, 6) is -0.922. The minimum Gasteiger partial charge on any atom is -0.459 e. The highest BCUT2D eigenvalue weighted by atomic mass is 32.2. The summed E-state index contributed by atoms with van der Waals surface area (Å²) < 4.78 is 31.5. The lowest BCUT2D eigenvalue weighted by Gasteiger charge is -2.20. The van der Waals surface area contributed by atoms with Crippen LogP contribution >= 0.6 is 0 Å². The molecule has 1 aliphatic rings. The number of rotatable bonds is 7. The summed E-state index contributed by atoms with van der Waals surface area (Å²) in [6, 6.07) is 10.5. The smallest absolute Gasteiger partial charge is 0.289 e. The van der Waals surface area contributed by atoms with E-state index in [-0.39, 0.29) is 24.6 Å². The molecule has 1 aromatic carbocycles. The van der Waals surface area contributed by atoms with E-state index in [1.165, 1.54) is 28.6 Å². The van der Waals surface area contributed by atoms with Gasteiger partial charge in [0.05, 0.1) is 24.2 Å². The van der Waals surface area contributed by atoms with Gasteiger partial charge >= 0.3 is 0 Å². The first-order valence-electron chi connectivity index (χ1n) is 8.52. The van der Waals surface area contributed by atoms with Crippen molar-refractivity contribution in [3.63, 3.8) is 0 Å². The number of anilines is 1. The van der Waals surface area contributed by atoms with Crippen LogP contribution in [0.1, 0.15) is 16.1 Å². The summed E-state index contributed by atoms with van der Waals surface area (Å²) in [6.07, 6.45) is 2.06. The van der Waals surface area contributed by atoms with Crippen molar-refractivity contribution in [2.45, 2.75) is 6.42 Å². The van der Waals surface area contributed by atoms with Crippen molar-refractivity contribution in [1.82, 2.24) is 10.2 Å². The van der Waals surface area contributed by atoms with Crippen LogP contribution in [-0.2, 0) is 21.2 Å². The molecule has 1 N–H and O–H groups in total. The highest BCUT2D eigenvalue weighted by Crippen LogP contribution is 2.29. The van der Waals surface area contributed by atoms with Crippen molar-refractivity contribution < 1.29 is 22.4 Å². The van der Waals surface area contributed by atoms with Crippen molar-refractivity contribution in [2.75, 3.05) is 36.7 Å². The monoisotopic (exact) mass is 391 g/mol. The van der Waals surface area contributed by atoms with Gasteiger partial charge in [-0.25, -0.2) is 8.42 Å². The highest BCUT2D eigenvalue weighted by Gasteiger charge is 2.28. The second-order valence-corrected chi connectivity index (χ2v) is 8.27. The Morgan fingerprint density at radius 1 is 1.22 bits per heavy atom. The molecule has 1 aliphatic heterocycles. The Balaban J connectivity index is 1.49. The molecule has 0 bridgehead atoms. The summed E-state index contributed by atoms with van der Waals surface area (Å²) in [7, 11) is -2.05. The van der Waals surface area contributed by atoms with Crippen molar-refractivity contribution in [3.8, 4) is 0 Å². The van der Waals surface area contributed by atoms with Crippen LogP contribution in [0.4, 0.5) is 5.69 Å². The van der Waals surface area contributed by atoms with E-state index in [9.17, 15) is 18.0 Å². The first-order valence-corrected chi connectivity index (χ1v) is 10.1. The average Bonchev–Trinajstić information content (AvgIpc) is 3.30. The number of sulfonamides is 1. The molecule has 9 heteroatoms. The quantitative estimate of drug-likeness (QED) is 0.755. The SMILES string of the molecule is CN(CC(=O)NCCS(=O)(=O)N1CCc2ccccc21)C(=O)c1ccco1. The molecule has 0 unspecified atom stereocenters. The molecule has 0 radical (unpaired) electrons. The maximum atomic E-state index is 12.6. The van der Waals surface area contributed by atoms with E-state index in [2.05, 4.69) is 5.32 Å². The molecule has 3 rings (SSSR count). The molecular formula is C18H21N3O5S. The Morgan fingerprint density at radius 3 is 2.74 bits per heavy atom. The number of nitrogens with one attached hydrogen (secondary N) is 1. The average molecular weight is 391 g/mol. The second kappa shape index (κ2) is 7.83. The fourth-order valence-corrected chi connectivity index (χ4v) is 4.39. The Bertz CT molecular complexity index is 924. The zero-order valence-corrected chi connectivity index (χ0v) is 15.7. The molecule has 2 aromatic rings. The molecule has 8 nitrogen and oxygen atoms in total. The molecule has 27 heavy (non-hydrogen) atoms. The second-order valence-electron chi connectivity index (χ2n) is 6.26. The van der Waals surface area contributed by atoms with Crippen LogP contribution < -0.4 is 9.62 Å². The Labute approximate surface area is 157 Å². The van der Waals surface area contributed by atoms with Gasteiger partial charge in [-0.3, -0.25) is 13.9 Å². The maximum absolute atomic E-state index is 12.6. The Kier molecular flexibility index (Phi) is 5.50. The summed E-state index contributed by atoms with van der Waals surface area (Å²) >= 11 is 0. The first kappa shape index (κ1) is 19.0. The largest absolute Gasteiger partial charge is 0.459 e. The van der Waals surface area contributed by atoms with Gasteiger partial charge in [0.1, 0.15) is 0 Å². The molecule has 144 valence electrons. The van der Waals surface area contributed by atoms with E-state index in [1.54, 1.807) is 18.2 Å². The number of furan rings is 1. The van der Waals surface area contributed by atoms with E-state index in [4.69, 9.17) is 4.42 Å². The van der Waals surface area contributed by atoms with Crippen LogP contribution in [0.2, 0.25) is 0 Å². The van der Waals surface area contributed by atoms with E-state index in [0.717, 1.165) is 5.56 Å². The number of hydrogen-bond acceptors (Lipinski definition) is 5. The lowest BCUT2D eigenvalue weighted by molar-refractivity contribution is -0.121. The predicted octanol–water partition coefficient (Wildman–Crippen LogP) is 0.860. The topological polar surface area (TPSA) is 99.9 Å². The third-order valence-corrected chi connectivity index (χ3v) is 6.09. The highest BCUT2D eigenvalue weighted by molar-refractivity contribution is 7.92. The van der Waals surface area contributed by atoms with Crippen molar-refractivity contribution in [2.24, 2.45) is 0 Å². The van der Waals surface area contributed by atoms with Gasteiger partial charge in [0.15, 0.2) is 5.76 Å². The molecule has 0 spiro atoms. The number of carbonyl (C=O) groups is 2. The number of fused-ring (bicyclic) bond motifs is 1. The van der Waals surface area contributed by atoms with Gasteiger partial charge in [-0.15, -0.1) is 0 Å². The van der Waals surface area contributed by atoms with Crippen LogP contribution in [-0.4, -0.2) is 57.6 Å². The van der Waals surface area contributed by atoms with E-state index >= 15 is 0 Å². The molecular weight excluding hydrogens is 370 g/mol. The fourth-order valence-electron chi connectivity index (χ4n) is 2.96. The zero-order valence-electron chi connectivity index (χ0n) is 14.9. The van der Waals surface area contributed by atoms with Crippen LogP contribution in [0.5, 0.6) is 0 Å². The van der Waals surface area contributed by atoms with E-state index in [0.29, 0.717) is 18.7 Å². The van der Waals surface area contributed by atoms with E-state index < -0.39 is 21.8 Å². The molecule has 0 saturated carbocycles. The molecule has 0 atom stereocenters. The van der Waals surface area contributed by atoms with Gasteiger partial charge in [0, 0.05) is 20.1 Å². The summed E-state index contributed by atoms with van der Waals surface area (Å²) in [4.78, 5) is 25.2. The van der Waals surface area contributed by atoms with Crippen LogP contribution in [0.3, 0.4) is 0 Å². The third-order valence-electron chi connectivity index (χ3n) is 4.32. The lowest BCUT2D eigenvalue weighted by atomic mass is 10.2. The molecule has 0 saturated heterocycles. The zero-order chi connectivity index (χ0) is 19.4. The number of likely N-dealkylation sites (N-methyl/N-ethyl adjacent to an activating group) is 1. The van der Waals surface area contributed by atoms with Gasteiger partial charge in [-0.05, 0) is 30.2 Å².